The van der Waals surface area contributed by atoms with E-state index in [1.165, 1.54) is 29.7 Å². The molecule has 4 nitrogen and oxygen atoms in total. The second-order valence-electron chi connectivity index (χ2n) is 5.37. The van der Waals surface area contributed by atoms with Crippen LogP contribution >= 0.6 is 0 Å². The van der Waals surface area contributed by atoms with E-state index in [1.807, 2.05) is 17.1 Å². The predicted molar refractivity (Wildman–Crippen MR) is 75.4 cm³/mol. The fraction of sp³-hybridized carbons (Fsp3) is 0.467. The SMILES string of the molecule is Cc1nn(-c2cnccc2CNC2CC2)c(C)c1C. The number of aryl methyl sites for hydroxylation is 1. The first-order chi connectivity index (χ1) is 9.16. The van der Waals surface area contributed by atoms with Gasteiger partial charge in [-0.2, -0.15) is 5.10 Å². The molecule has 3 rings (SSSR count). The van der Waals surface area contributed by atoms with Crippen LogP contribution in [-0.4, -0.2) is 20.8 Å². The molecule has 0 spiro atoms. The van der Waals surface area contributed by atoms with Gasteiger partial charge in [0.25, 0.3) is 0 Å². The van der Waals surface area contributed by atoms with Crippen molar-refractivity contribution in [2.24, 2.45) is 0 Å². The third-order valence-electron chi connectivity index (χ3n) is 3.93. The van der Waals surface area contributed by atoms with E-state index in [0.717, 1.165) is 17.9 Å². The number of rotatable bonds is 4. The molecule has 1 saturated carbocycles. The van der Waals surface area contributed by atoms with Crippen molar-refractivity contribution in [1.29, 1.82) is 0 Å². The summed E-state index contributed by atoms with van der Waals surface area (Å²) in [5, 5.41) is 8.19. The van der Waals surface area contributed by atoms with Gasteiger partial charge in [0, 0.05) is 24.5 Å². The van der Waals surface area contributed by atoms with E-state index >= 15 is 0 Å². The molecule has 100 valence electrons. The largest absolute Gasteiger partial charge is 0.310 e. The van der Waals surface area contributed by atoms with Crippen molar-refractivity contribution in [2.75, 3.05) is 0 Å². The number of pyridine rings is 1. The predicted octanol–water partition coefficient (Wildman–Crippen LogP) is 2.44. The van der Waals surface area contributed by atoms with Gasteiger partial charge >= 0.3 is 0 Å². The highest BCUT2D eigenvalue weighted by Crippen LogP contribution is 2.22. The first kappa shape index (κ1) is 12.4. The highest BCUT2D eigenvalue weighted by atomic mass is 15.3. The molecule has 1 N–H and O–H groups in total. The summed E-state index contributed by atoms with van der Waals surface area (Å²) in [5.41, 5.74) is 5.88. The lowest BCUT2D eigenvalue weighted by Gasteiger charge is -2.11. The lowest BCUT2D eigenvalue weighted by Crippen LogP contribution is -2.17. The summed E-state index contributed by atoms with van der Waals surface area (Å²) in [6.07, 6.45) is 6.37. The van der Waals surface area contributed by atoms with Crippen molar-refractivity contribution in [3.05, 3.63) is 41.0 Å². The Labute approximate surface area is 113 Å². The van der Waals surface area contributed by atoms with E-state index in [2.05, 4.69) is 42.2 Å². The zero-order valence-corrected chi connectivity index (χ0v) is 11.8. The molecule has 1 aliphatic rings. The summed E-state index contributed by atoms with van der Waals surface area (Å²) in [7, 11) is 0. The summed E-state index contributed by atoms with van der Waals surface area (Å²) in [6.45, 7) is 7.17. The second kappa shape index (κ2) is 4.78. The van der Waals surface area contributed by atoms with Gasteiger partial charge in [-0.25, -0.2) is 4.68 Å². The number of aromatic nitrogens is 3. The monoisotopic (exact) mass is 256 g/mol. The molecular formula is C15H20N4. The molecule has 1 aliphatic carbocycles. The molecular weight excluding hydrogens is 236 g/mol. The molecule has 0 atom stereocenters. The third kappa shape index (κ3) is 2.40. The summed E-state index contributed by atoms with van der Waals surface area (Å²) >= 11 is 0. The van der Waals surface area contributed by atoms with Crippen LogP contribution in [0.4, 0.5) is 0 Å². The average Bonchev–Trinajstić information content (AvgIpc) is 3.21. The molecule has 0 radical (unpaired) electrons. The molecule has 1 fully saturated rings. The van der Waals surface area contributed by atoms with Crippen LogP contribution in [0.5, 0.6) is 0 Å². The molecule has 0 bridgehead atoms. The maximum Gasteiger partial charge on any atom is 0.0876 e. The van der Waals surface area contributed by atoms with Crippen molar-refractivity contribution >= 4 is 0 Å². The molecule has 0 aliphatic heterocycles. The molecule has 4 heteroatoms. The fourth-order valence-electron chi connectivity index (χ4n) is 2.25. The Morgan fingerprint density at radius 1 is 1.32 bits per heavy atom. The number of hydrogen-bond donors (Lipinski definition) is 1. The summed E-state index contributed by atoms with van der Waals surface area (Å²) < 4.78 is 2.02. The zero-order valence-electron chi connectivity index (χ0n) is 11.8. The van der Waals surface area contributed by atoms with Crippen LogP contribution in [0.1, 0.15) is 35.4 Å². The van der Waals surface area contributed by atoms with E-state index in [9.17, 15) is 0 Å². The van der Waals surface area contributed by atoms with E-state index in [-0.39, 0.29) is 0 Å². The van der Waals surface area contributed by atoms with E-state index < -0.39 is 0 Å². The van der Waals surface area contributed by atoms with Crippen molar-refractivity contribution in [3.63, 3.8) is 0 Å². The summed E-state index contributed by atoms with van der Waals surface area (Å²) in [5.74, 6) is 0. The highest BCUT2D eigenvalue weighted by molar-refractivity contribution is 5.41. The van der Waals surface area contributed by atoms with Gasteiger partial charge in [0.1, 0.15) is 0 Å². The summed E-state index contributed by atoms with van der Waals surface area (Å²) in [6, 6.07) is 2.79. The quantitative estimate of drug-likeness (QED) is 0.913. The molecule has 0 saturated heterocycles. The maximum atomic E-state index is 4.63. The number of hydrogen-bond acceptors (Lipinski definition) is 3. The van der Waals surface area contributed by atoms with Crippen LogP contribution < -0.4 is 5.32 Å². The standard InChI is InChI=1S/C15H20N4/c1-10-11(2)18-19(12(10)3)15-9-16-7-6-13(15)8-17-14-4-5-14/h6-7,9,14,17H,4-5,8H2,1-3H3. The first-order valence-corrected chi connectivity index (χ1v) is 6.86. The normalized spacial score (nSPS) is 14.9. The lowest BCUT2D eigenvalue weighted by molar-refractivity contribution is 0.678. The van der Waals surface area contributed by atoms with E-state index in [4.69, 9.17) is 0 Å². The smallest absolute Gasteiger partial charge is 0.0876 e. The topological polar surface area (TPSA) is 42.7 Å². The van der Waals surface area contributed by atoms with Crippen LogP contribution in [0.15, 0.2) is 18.5 Å². The van der Waals surface area contributed by atoms with Gasteiger partial charge < -0.3 is 5.32 Å². The van der Waals surface area contributed by atoms with Gasteiger partial charge in [-0.15, -0.1) is 0 Å². The van der Waals surface area contributed by atoms with Crippen LogP contribution in [0.3, 0.4) is 0 Å². The lowest BCUT2D eigenvalue weighted by atomic mass is 10.2. The summed E-state index contributed by atoms with van der Waals surface area (Å²) in [4.78, 5) is 4.26. The molecule has 0 amide bonds. The van der Waals surface area contributed by atoms with E-state index in [0.29, 0.717) is 6.04 Å². The van der Waals surface area contributed by atoms with Gasteiger partial charge in [0.15, 0.2) is 0 Å². The Hall–Kier alpha value is -1.68. The van der Waals surface area contributed by atoms with Crippen molar-refractivity contribution in [3.8, 4) is 5.69 Å². The van der Waals surface area contributed by atoms with Gasteiger partial charge in [-0.05, 0) is 50.8 Å². The Balaban J connectivity index is 1.96. The molecule has 19 heavy (non-hydrogen) atoms. The number of nitrogens with one attached hydrogen (secondary N) is 1. The van der Waals surface area contributed by atoms with Crippen molar-refractivity contribution < 1.29 is 0 Å². The molecule has 2 aromatic heterocycles. The Bertz CT molecular complexity index is 596. The minimum atomic E-state index is 0.711. The van der Waals surface area contributed by atoms with Crippen molar-refractivity contribution in [2.45, 2.75) is 46.2 Å². The van der Waals surface area contributed by atoms with Crippen LogP contribution in [-0.2, 0) is 6.54 Å². The van der Waals surface area contributed by atoms with Gasteiger partial charge in [0.05, 0.1) is 17.6 Å². The average molecular weight is 256 g/mol. The Kier molecular flexibility index (Phi) is 3.11. The minimum Gasteiger partial charge on any atom is -0.310 e. The Morgan fingerprint density at radius 3 is 2.74 bits per heavy atom. The third-order valence-corrected chi connectivity index (χ3v) is 3.93. The van der Waals surface area contributed by atoms with Crippen LogP contribution in [0.2, 0.25) is 0 Å². The van der Waals surface area contributed by atoms with Gasteiger partial charge in [-0.1, -0.05) is 0 Å². The molecule has 2 heterocycles. The Morgan fingerprint density at radius 2 is 2.11 bits per heavy atom. The van der Waals surface area contributed by atoms with Gasteiger partial charge in [0.2, 0.25) is 0 Å². The minimum absolute atomic E-state index is 0.711. The van der Waals surface area contributed by atoms with Crippen molar-refractivity contribution in [1.82, 2.24) is 20.1 Å². The zero-order chi connectivity index (χ0) is 13.4. The van der Waals surface area contributed by atoms with E-state index in [1.54, 1.807) is 0 Å². The van der Waals surface area contributed by atoms with Gasteiger partial charge in [-0.3, -0.25) is 4.98 Å². The maximum absolute atomic E-state index is 4.63. The van der Waals surface area contributed by atoms with Crippen LogP contribution in [0, 0.1) is 20.8 Å². The van der Waals surface area contributed by atoms with Crippen LogP contribution in [0.25, 0.3) is 5.69 Å². The fourth-order valence-corrected chi connectivity index (χ4v) is 2.25. The second-order valence-corrected chi connectivity index (χ2v) is 5.37. The number of nitrogens with zero attached hydrogens (tertiary/aromatic N) is 3. The first-order valence-electron chi connectivity index (χ1n) is 6.86. The highest BCUT2D eigenvalue weighted by Gasteiger charge is 2.21. The molecule has 2 aromatic rings. The molecule has 0 unspecified atom stereocenters. The molecule has 0 aromatic carbocycles.